The lowest BCUT2D eigenvalue weighted by Gasteiger charge is -2.05. The van der Waals surface area contributed by atoms with Gasteiger partial charge >= 0.3 is 5.76 Å². The Morgan fingerprint density at radius 3 is 2.89 bits per heavy atom. The van der Waals surface area contributed by atoms with Crippen molar-refractivity contribution in [1.29, 1.82) is 0 Å². The first-order valence-electron chi connectivity index (χ1n) is 6.33. The molecule has 2 rings (SSSR count). The van der Waals surface area contributed by atoms with Crippen molar-refractivity contribution < 1.29 is 4.42 Å². The first kappa shape index (κ1) is 12.9. The summed E-state index contributed by atoms with van der Waals surface area (Å²) in [7, 11) is 0. The van der Waals surface area contributed by atoms with E-state index in [1.54, 1.807) is 0 Å². The van der Waals surface area contributed by atoms with E-state index in [4.69, 9.17) is 4.42 Å². The highest BCUT2D eigenvalue weighted by molar-refractivity contribution is 5.72. The normalized spacial score (nSPS) is 11.2. The summed E-state index contributed by atoms with van der Waals surface area (Å²) in [5.41, 5.74) is 2.57. The van der Waals surface area contributed by atoms with Crippen LogP contribution in [0.2, 0.25) is 0 Å². The molecule has 18 heavy (non-hydrogen) atoms. The van der Waals surface area contributed by atoms with Gasteiger partial charge in [-0.3, -0.25) is 4.98 Å². The molecule has 1 aromatic carbocycles. The Morgan fingerprint density at radius 1 is 1.22 bits per heavy atom. The molecule has 0 radical (unpaired) electrons. The number of nitrogens with one attached hydrogen (secondary N) is 3. The van der Waals surface area contributed by atoms with Crippen LogP contribution in [-0.2, 0) is 6.42 Å². The molecule has 5 heteroatoms. The number of likely N-dealkylation sites (N-methyl/N-ethyl adjacent to an activating group) is 1. The minimum atomic E-state index is -0.397. The third kappa shape index (κ3) is 3.45. The molecule has 98 valence electrons. The number of benzene rings is 1. The minimum absolute atomic E-state index is 0.397. The molecule has 3 N–H and O–H groups in total. The molecule has 2 aromatic rings. The third-order valence-corrected chi connectivity index (χ3v) is 2.80. The number of oxazole rings is 1. The van der Waals surface area contributed by atoms with Gasteiger partial charge in [-0.2, -0.15) is 0 Å². The molecule has 0 spiro atoms. The van der Waals surface area contributed by atoms with Crippen molar-refractivity contribution in [2.75, 3.05) is 26.2 Å². The van der Waals surface area contributed by atoms with Gasteiger partial charge in [-0.05, 0) is 37.2 Å². The van der Waals surface area contributed by atoms with Gasteiger partial charge in [-0.25, -0.2) is 4.79 Å². The van der Waals surface area contributed by atoms with Crippen molar-refractivity contribution in [3.05, 3.63) is 34.3 Å². The molecule has 0 amide bonds. The van der Waals surface area contributed by atoms with Crippen molar-refractivity contribution in [3.63, 3.8) is 0 Å². The largest absolute Gasteiger partial charge is 0.417 e. The van der Waals surface area contributed by atoms with E-state index >= 15 is 0 Å². The van der Waals surface area contributed by atoms with Gasteiger partial charge in [0.2, 0.25) is 0 Å². The van der Waals surface area contributed by atoms with Crippen molar-refractivity contribution in [1.82, 2.24) is 15.6 Å². The van der Waals surface area contributed by atoms with Gasteiger partial charge in [-0.15, -0.1) is 0 Å². The highest BCUT2D eigenvalue weighted by Gasteiger charge is 2.01. The van der Waals surface area contributed by atoms with Crippen LogP contribution < -0.4 is 16.4 Å². The molecule has 0 bridgehead atoms. The smallest absolute Gasteiger partial charge is 0.408 e. The second-order valence-electron chi connectivity index (χ2n) is 4.20. The zero-order valence-corrected chi connectivity index (χ0v) is 10.6. The SMILES string of the molecule is CCNCCNCCc1ccc2oc(=O)[nH]c2c1. The van der Waals surface area contributed by atoms with E-state index < -0.39 is 5.76 Å². The van der Waals surface area contributed by atoms with Crippen molar-refractivity contribution >= 4 is 11.1 Å². The Kier molecular flexibility index (Phi) is 4.55. The van der Waals surface area contributed by atoms with E-state index in [2.05, 4.69) is 22.5 Å². The van der Waals surface area contributed by atoms with Crippen molar-refractivity contribution in [2.24, 2.45) is 0 Å². The molecule has 5 nitrogen and oxygen atoms in total. The van der Waals surface area contributed by atoms with Crippen LogP contribution in [0.4, 0.5) is 0 Å². The first-order valence-corrected chi connectivity index (χ1v) is 6.33. The van der Waals surface area contributed by atoms with Crippen LogP contribution in [-0.4, -0.2) is 31.2 Å². The van der Waals surface area contributed by atoms with E-state index in [1.807, 2.05) is 18.2 Å². The Morgan fingerprint density at radius 2 is 2.06 bits per heavy atom. The van der Waals surface area contributed by atoms with Crippen LogP contribution >= 0.6 is 0 Å². The van der Waals surface area contributed by atoms with Gasteiger partial charge < -0.3 is 15.1 Å². The fourth-order valence-electron chi connectivity index (χ4n) is 1.87. The Bertz CT molecular complexity index is 544. The summed E-state index contributed by atoms with van der Waals surface area (Å²) in [5, 5.41) is 6.62. The summed E-state index contributed by atoms with van der Waals surface area (Å²) in [6.45, 7) is 6.00. The summed E-state index contributed by atoms with van der Waals surface area (Å²) < 4.78 is 4.96. The van der Waals surface area contributed by atoms with Crippen molar-refractivity contribution in [3.8, 4) is 0 Å². The molecule has 0 aliphatic rings. The number of H-pyrrole nitrogens is 1. The zero-order valence-electron chi connectivity index (χ0n) is 10.6. The van der Waals surface area contributed by atoms with E-state index in [1.165, 1.54) is 5.56 Å². The van der Waals surface area contributed by atoms with Gasteiger partial charge in [0.15, 0.2) is 5.58 Å². The average Bonchev–Trinajstić information content (AvgIpc) is 2.73. The van der Waals surface area contributed by atoms with Crippen molar-refractivity contribution in [2.45, 2.75) is 13.3 Å². The number of hydrogen-bond donors (Lipinski definition) is 3. The van der Waals surface area contributed by atoms with Crippen LogP contribution in [0.25, 0.3) is 11.1 Å². The fourth-order valence-corrected chi connectivity index (χ4v) is 1.87. The van der Waals surface area contributed by atoms with E-state index in [9.17, 15) is 4.79 Å². The molecule has 0 unspecified atom stereocenters. The maximum Gasteiger partial charge on any atom is 0.417 e. The van der Waals surface area contributed by atoms with Gasteiger partial charge in [0, 0.05) is 13.1 Å². The van der Waals surface area contributed by atoms with Gasteiger partial charge in [0.25, 0.3) is 0 Å². The van der Waals surface area contributed by atoms with Gasteiger partial charge in [0.1, 0.15) is 0 Å². The lowest BCUT2D eigenvalue weighted by atomic mass is 10.1. The summed E-state index contributed by atoms with van der Waals surface area (Å²) in [4.78, 5) is 13.7. The molecule has 1 heterocycles. The molecule has 0 atom stereocenters. The maximum absolute atomic E-state index is 11.0. The monoisotopic (exact) mass is 249 g/mol. The van der Waals surface area contributed by atoms with Gasteiger partial charge in [-0.1, -0.05) is 13.0 Å². The van der Waals surface area contributed by atoms with E-state index in [0.717, 1.165) is 38.1 Å². The van der Waals surface area contributed by atoms with E-state index in [-0.39, 0.29) is 0 Å². The number of fused-ring (bicyclic) bond motifs is 1. The summed E-state index contributed by atoms with van der Waals surface area (Å²) in [5.74, 6) is -0.397. The molecule has 0 aliphatic heterocycles. The molecule has 0 saturated heterocycles. The van der Waals surface area contributed by atoms with Crippen LogP contribution in [0.3, 0.4) is 0 Å². The Balaban J connectivity index is 1.82. The molecule has 0 fully saturated rings. The lowest BCUT2D eigenvalue weighted by molar-refractivity contribution is 0.555. The van der Waals surface area contributed by atoms with E-state index in [0.29, 0.717) is 5.58 Å². The molecule has 1 aromatic heterocycles. The highest BCUT2D eigenvalue weighted by Crippen LogP contribution is 2.12. The summed E-state index contributed by atoms with van der Waals surface area (Å²) in [6.07, 6.45) is 0.940. The predicted octanol–water partition coefficient (Wildman–Crippen LogP) is 0.863. The number of aromatic nitrogens is 1. The first-order chi connectivity index (χ1) is 8.79. The summed E-state index contributed by atoms with van der Waals surface area (Å²) >= 11 is 0. The minimum Gasteiger partial charge on any atom is -0.408 e. The fraction of sp³-hybridized carbons (Fsp3) is 0.462. The molecule has 0 saturated carbocycles. The highest BCUT2D eigenvalue weighted by atomic mass is 16.4. The topological polar surface area (TPSA) is 70.1 Å². The number of hydrogen-bond acceptors (Lipinski definition) is 4. The van der Waals surface area contributed by atoms with Crippen LogP contribution in [0.15, 0.2) is 27.4 Å². The molecular weight excluding hydrogens is 230 g/mol. The second kappa shape index (κ2) is 6.37. The quantitative estimate of drug-likeness (QED) is 0.637. The van der Waals surface area contributed by atoms with Gasteiger partial charge in [0.05, 0.1) is 5.52 Å². The maximum atomic E-state index is 11.0. The summed E-state index contributed by atoms with van der Waals surface area (Å²) in [6, 6.07) is 5.79. The number of rotatable bonds is 7. The van der Waals surface area contributed by atoms with Crippen LogP contribution in [0, 0.1) is 0 Å². The zero-order chi connectivity index (χ0) is 12.8. The average molecular weight is 249 g/mol. The predicted molar refractivity (Wildman–Crippen MR) is 72.0 cm³/mol. The molecule has 0 aliphatic carbocycles. The van der Waals surface area contributed by atoms with Crippen LogP contribution in [0.1, 0.15) is 12.5 Å². The standard InChI is InChI=1S/C13H19N3O2/c1-2-14-7-8-15-6-5-10-3-4-12-11(9-10)16-13(17)18-12/h3-4,9,14-15H,2,5-8H2,1H3,(H,16,17). The lowest BCUT2D eigenvalue weighted by Crippen LogP contribution is -2.28. The molecular formula is C13H19N3O2. The van der Waals surface area contributed by atoms with Crippen LogP contribution in [0.5, 0.6) is 0 Å². The third-order valence-electron chi connectivity index (χ3n) is 2.80. The Hall–Kier alpha value is -1.59. The number of aromatic amines is 1. The Labute approximate surface area is 106 Å². The second-order valence-corrected chi connectivity index (χ2v) is 4.20.